The first-order chi connectivity index (χ1) is 12.3. The van der Waals surface area contributed by atoms with Gasteiger partial charge in [-0.1, -0.05) is 0 Å². The van der Waals surface area contributed by atoms with E-state index >= 15 is 0 Å². The Morgan fingerprint density at radius 2 is 1.73 bits per heavy atom. The number of carbonyl (C=O) groups excluding carboxylic acids is 2. The van der Waals surface area contributed by atoms with Crippen LogP contribution in [0, 0.1) is 5.41 Å². The first-order valence-corrected chi connectivity index (χ1v) is 8.98. The summed E-state index contributed by atoms with van der Waals surface area (Å²) in [7, 11) is 3.91. The van der Waals surface area contributed by atoms with E-state index in [0.717, 1.165) is 38.5 Å². The number of anilines is 2. The largest absolute Gasteiger partial charge is 0.379 e. The molecule has 1 aliphatic heterocycles. The highest BCUT2D eigenvalue weighted by molar-refractivity contribution is 6.09. The molecule has 2 N–H and O–H groups in total. The summed E-state index contributed by atoms with van der Waals surface area (Å²) in [5.74, 6) is -0.591. The van der Waals surface area contributed by atoms with Crippen molar-refractivity contribution in [1.82, 2.24) is 10.2 Å². The van der Waals surface area contributed by atoms with Gasteiger partial charge in [0.15, 0.2) is 0 Å². The minimum Gasteiger partial charge on any atom is -0.379 e. The van der Waals surface area contributed by atoms with Gasteiger partial charge in [-0.2, -0.15) is 0 Å². The Bertz CT molecular complexity index is 608. The van der Waals surface area contributed by atoms with Crippen molar-refractivity contribution in [2.45, 2.75) is 13.8 Å². The highest BCUT2D eigenvalue weighted by atomic mass is 16.5. The number of benzene rings is 1. The molecular weight excluding hydrogens is 332 g/mol. The number of hydrogen-bond acceptors (Lipinski definition) is 5. The summed E-state index contributed by atoms with van der Waals surface area (Å²) in [4.78, 5) is 29.2. The van der Waals surface area contributed by atoms with Crippen molar-refractivity contribution in [3.63, 3.8) is 0 Å². The number of morpholine rings is 1. The zero-order chi connectivity index (χ0) is 19.2. The smallest absolute Gasteiger partial charge is 0.239 e. The molecule has 1 fully saturated rings. The summed E-state index contributed by atoms with van der Waals surface area (Å²) < 4.78 is 5.31. The van der Waals surface area contributed by atoms with Crippen molar-refractivity contribution in [2.24, 2.45) is 5.41 Å². The van der Waals surface area contributed by atoms with E-state index in [4.69, 9.17) is 4.74 Å². The van der Waals surface area contributed by atoms with E-state index < -0.39 is 5.41 Å². The molecule has 2 rings (SSSR count). The second-order valence-corrected chi connectivity index (χ2v) is 7.23. The molecule has 0 radical (unpaired) electrons. The second kappa shape index (κ2) is 9.00. The zero-order valence-corrected chi connectivity index (χ0v) is 16.2. The Hall–Kier alpha value is -2.12. The van der Waals surface area contributed by atoms with Crippen LogP contribution in [0.1, 0.15) is 13.8 Å². The molecule has 0 aliphatic carbocycles. The molecule has 0 saturated carbocycles. The fourth-order valence-corrected chi connectivity index (χ4v) is 2.61. The fourth-order valence-electron chi connectivity index (χ4n) is 2.61. The number of nitrogens with one attached hydrogen (secondary N) is 2. The Morgan fingerprint density at radius 3 is 2.31 bits per heavy atom. The molecule has 1 aliphatic rings. The van der Waals surface area contributed by atoms with Crippen molar-refractivity contribution in [1.29, 1.82) is 0 Å². The average molecular weight is 362 g/mol. The number of carbonyl (C=O) groups is 2. The Kier molecular flexibility index (Phi) is 6.99. The van der Waals surface area contributed by atoms with E-state index in [1.807, 2.05) is 43.3 Å². The van der Waals surface area contributed by atoms with E-state index in [-0.39, 0.29) is 11.8 Å². The monoisotopic (exact) mass is 362 g/mol. The van der Waals surface area contributed by atoms with Crippen LogP contribution in [0.4, 0.5) is 11.4 Å². The highest BCUT2D eigenvalue weighted by Gasteiger charge is 2.36. The SMILES string of the molecule is CN(C)c1ccc(NC(=O)C(C)(C)C(=O)NCCN2CCOCC2)cc1. The van der Waals surface area contributed by atoms with Crippen molar-refractivity contribution in [3.05, 3.63) is 24.3 Å². The molecule has 0 bridgehead atoms. The molecule has 1 aromatic carbocycles. The first-order valence-electron chi connectivity index (χ1n) is 8.98. The molecule has 1 saturated heterocycles. The number of nitrogens with zero attached hydrogens (tertiary/aromatic N) is 2. The predicted molar refractivity (Wildman–Crippen MR) is 103 cm³/mol. The number of hydrogen-bond donors (Lipinski definition) is 2. The Morgan fingerprint density at radius 1 is 1.12 bits per heavy atom. The molecule has 0 spiro atoms. The van der Waals surface area contributed by atoms with Gasteiger partial charge in [-0.05, 0) is 38.1 Å². The predicted octanol–water partition coefficient (Wildman–Crippen LogP) is 1.17. The number of rotatable bonds is 7. The third-order valence-electron chi connectivity index (χ3n) is 4.59. The van der Waals surface area contributed by atoms with Crippen LogP contribution in [0.25, 0.3) is 0 Å². The summed E-state index contributed by atoms with van der Waals surface area (Å²) in [6, 6.07) is 7.51. The van der Waals surface area contributed by atoms with Gasteiger partial charge in [0, 0.05) is 51.6 Å². The Balaban J connectivity index is 1.84. The first kappa shape index (κ1) is 20.2. The van der Waals surface area contributed by atoms with E-state index in [0.29, 0.717) is 12.2 Å². The lowest BCUT2D eigenvalue weighted by atomic mass is 9.91. The minimum atomic E-state index is -1.15. The van der Waals surface area contributed by atoms with Gasteiger partial charge in [-0.3, -0.25) is 14.5 Å². The molecule has 144 valence electrons. The van der Waals surface area contributed by atoms with Gasteiger partial charge in [0.25, 0.3) is 0 Å². The lowest BCUT2D eigenvalue weighted by molar-refractivity contribution is -0.138. The molecule has 2 amide bonds. The molecule has 1 aromatic rings. The third kappa shape index (κ3) is 5.44. The van der Waals surface area contributed by atoms with Crippen LogP contribution < -0.4 is 15.5 Å². The number of ether oxygens (including phenoxy) is 1. The molecule has 7 heteroatoms. The lowest BCUT2D eigenvalue weighted by Gasteiger charge is -2.27. The van der Waals surface area contributed by atoms with Gasteiger partial charge in [0.1, 0.15) is 5.41 Å². The summed E-state index contributed by atoms with van der Waals surface area (Å²) in [6.07, 6.45) is 0. The van der Waals surface area contributed by atoms with Crippen molar-refractivity contribution in [2.75, 3.05) is 63.7 Å². The Labute approximate surface area is 155 Å². The van der Waals surface area contributed by atoms with Gasteiger partial charge >= 0.3 is 0 Å². The van der Waals surface area contributed by atoms with Crippen molar-refractivity contribution < 1.29 is 14.3 Å². The molecule has 0 aromatic heterocycles. The van der Waals surface area contributed by atoms with E-state index in [2.05, 4.69) is 15.5 Å². The van der Waals surface area contributed by atoms with Gasteiger partial charge in [0.05, 0.1) is 13.2 Å². The normalized spacial score (nSPS) is 15.4. The van der Waals surface area contributed by atoms with Crippen molar-refractivity contribution >= 4 is 23.2 Å². The maximum Gasteiger partial charge on any atom is 0.239 e. The number of amides is 2. The topological polar surface area (TPSA) is 73.9 Å². The standard InChI is InChI=1S/C19H30N4O3/c1-19(2,17(24)20-9-10-23-11-13-26-14-12-23)18(25)21-15-5-7-16(8-6-15)22(3)4/h5-8H,9-14H2,1-4H3,(H,20,24)(H,21,25). The molecular formula is C19H30N4O3. The van der Waals surface area contributed by atoms with Gasteiger partial charge in [0.2, 0.25) is 11.8 Å². The fraction of sp³-hybridized carbons (Fsp3) is 0.579. The van der Waals surface area contributed by atoms with E-state index in [1.165, 1.54) is 0 Å². The maximum absolute atomic E-state index is 12.5. The molecule has 0 unspecified atom stereocenters. The minimum absolute atomic E-state index is 0.270. The van der Waals surface area contributed by atoms with Gasteiger partial charge in [-0.25, -0.2) is 0 Å². The summed E-state index contributed by atoms with van der Waals surface area (Å²) >= 11 is 0. The van der Waals surface area contributed by atoms with Crippen LogP contribution >= 0.6 is 0 Å². The van der Waals surface area contributed by atoms with Crippen molar-refractivity contribution in [3.8, 4) is 0 Å². The second-order valence-electron chi connectivity index (χ2n) is 7.23. The molecule has 26 heavy (non-hydrogen) atoms. The van der Waals surface area contributed by atoms with Gasteiger partial charge in [-0.15, -0.1) is 0 Å². The van der Waals surface area contributed by atoms with Crippen LogP contribution in [-0.2, 0) is 14.3 Å². The summed E-state index contributed by atoms with van der Waals surface area (Å²) in [6.45, 7) is 7.78. The van der Waals surface area contributed by atoms with E-state index in [1.54, 1.807) is 13.8 Å². The maximum atomic E-state index is 12.5. The van der Waals surface area contributed by atoms with Crippen LogP contribution in [0.5, 0.6) is 0 Å². The third-order valence-corrected chi connectivity index (χ3v) is 4.59. The summed E-state index contributed by atoms with van der Waals surface area (Å²) in [5, 5.41) is 5.70. The van der Waals surface area contributed by atoms with Crippen LogP contribution in [0.15, 0.2) is 24.3 Å². The van der Waals surface area contributed by atoms with Gasteiger partial charge < -0.3 is 20.3 Å². The van der Waals surface area contributed by atoms with Crippen LogP contribution in [0.2, 0.25) is 0 Å². The average Bonchev–Trinajstić information content (AvgIpc) is 2.62. The summed E-state index contributed by atoms with van der Waals surface area (Å²) in [5.41, 5.74) is 0.573. The van der Waals surface area contributed by atoms with Crippen LogP contribution in [-0.4, -0.2) is 70.2 Å². The van der Waals surface area contributed by atoms with E-state index in [9.17, 15) is 9.59 Å². The molecule has 1 heterocycles. The lowest BCUT2D eigenvalue weighted by Crippen LogP contribution is -2.48. The quantitative estimate of drug-likeness (QED) is 0.712. The molecule has 7 nitrogen and oxygen atoms in total. The van der Waals surface area contributed by atoms with Crippen LogP contribution in [0.3, 0.4) is 0 Å². The molecule has 0 atom stereocenters. The zero-order valence-electron chi connectivity index (χ0n) is 16.2. The highest BCUT2D eigenvalue weighted by Crippen LogP contribution is 2.21.